The van der Waals surface area contributed by atoms with Gasteiger partial charge in [0, 0.05) is 25.8 Å². The van der Waals surface area contributed by atoms with Gasteiger partial charge in [0.15, 0.2) is 0 Å². The summed E-state index contributed by atoms with van der Waals surface area (Å²) in [5, 5.41) is 0. The molecular formula is C16H33N3O2. The van der Waals surface area contributed by atoms with Crippen molar-refractivity contribution >= 4 is 6.09 Å². The summed E-state index contributed by atoms with van der Waals surface area (Å²) in [5.74, 6) is 0.695. The fraction of sp³-hybridized carbons (Fsp3) is 0.938. The molecule has 0 aromatic rings. The average molecular weight is 299 g/mol. The van der Waals surface area contributed by atoms with Gasteiger partial charge in [-0.1, -0.05) is 13.8 Å². The number of ether oxygens (including phenoxy) is 1. The summed E-state index contributed by atoms with van der Waals surface area (Å²) in [4.78, 5) is 16.2. The lowest BCUT2D eigenvalue weighted by Crippen LogP contribution is -2.49. The molecule has 0 saturated carbocycles. The van der Waals surface area contributed by atoms with E-state index in [1.54, 1.807) is 0 Å². The largest absolute Gasteiger partial charge is 0.444 e. The number of rotatable bonds is 5. The van der Waals surface area contributed by atoms with Crippen molar-refractivity contribution in [2.24, 2.45) is 11.7 Å². The molecule has 1 amide bonds. The van der Waals surface area contributed by atoms with Crippen LogP contribution in [0.3, 0.4) is 0 Å². The summed E-state index contributed by atoms with van der Waals surface area (Å²) in [6, 6.07) is 0.493. The van der Waals surface area contributed by atoms with Crippen molar-refractivity contribution in [2.75, 3.05) is 26.3 Å². The number of carbonyl (C=O) groups excluding carboxylic acids is 1. The van der Waals surface area contributed by atoms with Gasteiger partial charge in [-0.3, -0.25) is 4.90 Å². The molecule has 0 spiro atoms. The zero-order valence-electron chi connectivity index (χ0n) is 14.4. The van der Waals surface area contributed by atoms with E-state index < -0.39 is 5.60 Å². The molecule has 1 rings (SSSR count). The summed E-state index contributed by atoms with van der Waals surface area (Å²) in [6.45, 7) is 13.4. The van der Waals surface area contributed by atoms with Crippen molar-refractivity contribution in [3.05, 3.63) is 0 Å². The minimum absolute atomic E-state index is 0.192. The zero-order valence-corrected chi connectivity index (χ0v) is 14.4. The number of hydrogen-bond donors (Lipinski definition) is 1. The second kappa shape index (κ2) is 7.99. The molecule has 1 saturated heterocycles. The molecule has 1 fully saturated rings. The molecule has 0 radical (unpaired) electrons. The predicted molar refractivity (Wildman–Crippen MR) is 86.0 cm³/mol. The monoisotopic (exact) mass is 299 g/mol. The summed E-state index contributed by atoms with van der Waals surface area (Å²) in [5.41, 5.74) is 5.47. The molecule has 0 aromatic heterocycles. The van der Waals surface area contributed by atoms with Crippen LogP contribution in [0.4, 0.5) is 4.79 Å². The second-order valence-corrected chi connectivity index (χ2v) is 7.38. The van der Waals surface area contributed by atoms with E-state index in [1.165, 1.54) is 6.42 Å². The van der Waals surface area contributed by atoms with Gasteiger partial charge in [-0.15, -0.1) is 0 Å². The standard InChI is InChI=1S/C16H33N3O2/c1-13(2)6-9-19(12-17)14-7-10-18(11-8-14)15(20)21-16(3,4)5/h13-14H,6-12,17H2,1-5H3. The fourth-order valence-corrected chi connectivity index (χ4v) is 2.59. The highest BCUT2D eigenvalue weighted by molar-refractivity contribution is 5.68. The van der Waals surface area contributed by atoms with Crippen LogP contribution in [0.15, 0.2) is 0 Å². The molecule has 0 bridgehead atoms. The van der Waals surface area contributed by atoms with Gasteiger partial charge in [-0.05, 0) is 52.5 Å². The molecular weight excluding hydrogens is 266 g/mol. The maximum absolute atomic E-state index is 12.0. The third-order valence-corrected chi connectivity index (χ3v) is 3.86. The highest BCUT2D eigenvalue weighted by Crippen LogP contribution is 2.19. The highest BCUT2D eigenvalue weighted by atomic mass is 16.6. The van der Waals surface area contributed by atoms with E-state index >= 15 is 0 Å². The molecule has 124 valence electrons. The van der Waals surface area contributed by atoms with Crippen LogP contribution in [0.25, 0.3) is 0 Å². The molecule has 21 heavy (non-hydrogen) atoms. The lowest BCUT2D eigenvalue weighted by atomic mass is 10.0. The van der Waals surface area contributed by atoms with Crippen molar-refractivity contribution in [1.29, 1.82) is 0 Å². The van der Waals surface area contributed by atoms with Crippen LogP contribution in [-0.2, 0) is 4.74 Å². The Kier molecular flexibility index (Phi) is 6.94. The summed E-state index contributed by atoms with van der Waals surface area (Å²) in [7, 11) is 0. The normalized spacial score (nSPS) is 17.6. The summed E-state index contributed by atoms with van der Waals surface area (Å²) >= 11 is 0. The number of nitrogens with zero attached hydrogens (tertiary/aromatic N) is 2. The molecule has 1 heterocycles. The number of carbonyl (C=O) groups is 1. The van der Waals surface area contributed by atoms with E-state index in [4.69, 9.17) is 10.5 Å². The van der Waals surface area contributed by atoms with Gasteiger partial charge in [0.25, 0.3) is 0 Å². The molecule has 2 N–H and O–H groups in total. The molecule has 5 heteroatoms. The van der Waals surface area contributed by atoms with Crippen LogP contribution < -0.4 is 5.73 Å². The molecule has 0 aromatic carbocycles. The maximum atomic E-state index is 12.0. The van der Waals surface area contributed by atoms with E-state index in [-0.39, 0.29) is 6.09 Å². The Morgan fingerprint density at radius 2 is 1.90 bits per heavy atom. The van der Waals surface area contributed by atoms with Gasteiger partial charge in [0.2, 0.25) is 0 Å². The Morgan fingerprint density at radius 3 is 2.33 bits per heavy atom. The molecule has 5 nitrogen and oxygen atoms in total. The van der Waals surface area contributed by atoms with Gasteiger partial charge in [0.05, 0.1) is 0 Å². The first-order valence-corrected chi connectivity index (χ1v) is 8.15. The van der Waals surface area contributed by atoms with Gasteiger partial charge in [-0.25, -0.2) is 4.79 Å². The van der Waals surface area contributed by atoms with Crippen molar-refractivity contribution < 1.29 is 9.53 Å². The topological polar surface area (TPSA) is 58.8 Å². The van der Waals surface area contributed by atoms with Crippen LogP contribution in [0, 0.1) is 5.92 Å². The van der Waals surface area contributed by atoms with Crippen molar-refractivity contribution in [3.63, 3.8) is 0 Å². The van der Waals surface area contributed by atoms with Gasteiger partial charge in [0.1, 0.15) is 5.60 Å². The van der Waals surface area contributed by atoms with Crippen LogP contribution in [0.2, 0.25) is 0 Å². The van der Waals surface area contributed by atoms with E-state index in [2.05, 4.69) is 18.7 Å². The summed E-state index contributed by atoms with van der Waals surface area (Å²) < 4.78 is 5.43. The first kappa shape index (κ1) is 18.2. The number of hydrogen-bond acceptors (Lipinski definition) is 4. The quantitative estimate of drug-likeness (QED) is 0.793. The number of likely N-dealkylation sites (tertiary alicyclic amines) is 1. The zero-order chi connectivity index (χ0) is 16.0. The van der Waals surface area contributed by atoms with Crippen LogP contribution in [0.5, 0.6) is 0 Å². The SMILES string of the molecule is CC(C)CCN(CN)C1CCN(C(=O)OC(C)(C)C)CC1. The molecule has 1 aliphatic rings. The molecule has 1 aliphatic heterocycles. The predicted octanol–water partition coefficient (Wildman–Crippen LogP) is 2.65. The molecule has 0 unspecified atom stereocenters. The molecule has 0 atom stereocenters. The Bertz CT molecular complexity index is 318. The van der Waals surface area contributed by atoms with Crippen molar-refractivity contribution in [3.8, 4) is 0 Å². The van der Waals surface area contributed by atoms with Crippen LogP contribution >= 0.6 is 0 Å². The Labute approximate surface area is 129 Å². The maximum Gasteiger partial charge on any atom is 0.410 e. The van der Waals surface area contributed by atoms with Crippen LogP contribution in [-0.4, -0.2) is 53.8 Å². The number of piperidine rings is 1. The molecule has 0 aliphatic carbocycles. The Morgan fingerprint density at radius 1 is 1.33 bits per heavy atom. The third kappa shape index (κ3) is 6.66. The second-order valence-electron chi connectivity index (χ2n) is 7.38. The van der Waals surface area contributed by atoms with Gasteiger partial charge in [-0.2, -0.15) is 0 Å². The highest BCUT2D eigenvalue weighted by Gasteiger charge is 2.29. The first-order chi connectivity index (χ1) is 9.73. The fourth-order valence-electron chi connectivity index (χ4n) is 2.59. The number of nitrogens with two attached hydrogens (primary N) is 1. The smallest absolute Gasteiger partial charge is 0.410 e. The van der Waals surface area contributed by atoms with Crippen molar-refractivity contribution in [1.82, 2.24) is 9.80 Å². The minimum Gasteiger partial charge on any atom is -0.444 e. The van der Waals surface area contributed by atoms with Gasteiger partial charge < -0.3 is 15.4 Å². The lowest BCUT2D eigenvalue weighted by molar-refractivity contribution is 0.0142. The van der Waals surface area contributed by atoms with Crippen molar-refractivity contribution in [2.45, 2.75) is 65.5 Å². The average Bonchev–Trinajstić information content (AvgIpc) is 2.37. The first-order valence-electron chi connectivity index (χ1n) is 8.15. The lowest BCUT2D eigenvalue weighted by Gasteiger charge is -2.38. The van der Waals surface area contributed by atoms with E-state index in [9.17, 15) is 4.79 Å². The van der Waals surface area contributed by atoms with E-state index in [0.29, 0.717) is 18.6 Å². The van der Waals surface area contributed by atoms with Gasteiger partial charge >= 0.3 is 6.09 Å². The summed E-state index contributed by atoms with van der Waals surface area (Å²) in [6.07, 6.45) is 2.94. The van der Waals surface area contributed by atoms with E-state index in [1.807, 2.05) is 25.7 Å². The Balaban J connectivity index is 2.41. The number of amides is 1. The van der Waals surface area contributed by atoms with E-state index in [0.717, 1.165) is 32.5 Å². The Hall–Kier alpha value is -0.810. The van der Waals surface area contributed by atoms with Crippen LogP contribution in [0.1, 0.15) is 53.9 Å². The third-order valence-electron chi connectivity index (χ3n) is 3.86. The minimum atomic E-state index is -0.422.